The summed E-state index contributed by atoms with van der Waals surface area (Å²) < 4.78 is 0. The van der Waals surface area contributed by atoms with Crippen molar-refractivity contribution < 1.29 is 0 Å². The topological polar surface area (TPSA) is 0 Å². The SMILES string of the molecule is CCCc1cc[c]cc1.[LiH]. The van der Waals surface area contributed by atoms with E-state index in [9.17, 15) is 0 Å². The number of rotatable bonds is 2. The van der Waals surface area contributed by atoms with Gasteiger partial charge in [0.2, 0.25) is 0 Å². The maximum atomic E-state index is 2.99. The van der Waals surface area contributed by atoms with Crippen LogP contribution in [-0.2, 0) is 6.42 Å². The van der Waals surface area contributed by atoms with E-state index in [2.05, 4.69) is 25.1 Å². The van der Waals surface area contributed by atoms with Crippen LogP contribution in [0.2, 0.25) is 0 Å². The predicted molar refractivity (Wildman–Crippen MR) is 46.4 cm³/mol. The van der Waals surface area contributed by atoms with Crippen LogP contribution in [-0.4, -0.2) is 18.9 Å². The summed E-state index contributed by atoms with van der Waals surface area (Å²) in [5, 5.41) is 0. The summed E-state index contributed by atoms with van der Waals surface area (Å²) in [6.45, 7) is 2.19. The maximum absolute atomic E-state index is 2.99. The minimum absolute atomic E-state index is 0. The molecule has 0 saturated carbocycles. The van der Waals surface area contributed by atoms with Crippen LogP contribution in [0.15, 0.2) is 24.3 Å². The van der Waals surface area contributed by atoms with Gasteiger partial charge in [-0.2, -0.15) is 0 Å². The Bertz CT molecular complexity index is 158. The Morgan fingerprint density at radius 1 is 1.30 bits per heavy atom. The first-order valence-electron chi connectivity index (χ1n) is 3.38. The average Bonchev–Trinajstić information content (AvgIpc) is 1.91. The van der Waals surface area contributed by atoms with Gasteiger partial charge in [-0.3, -0.25) is 0 Å². The molecule has 0 aliphatic heterocycles. The van der Waals surface area contributed by atoms with Crippen LogP contribution >= 0.6 is 0 Å². The number of benzene rings is 1. The second kappa shape index (κ2) is 5.59. The van der Waals surface area contributed by atoms with Gasteiger partial charge in [0.25, 0.3) is 0 Å². The van der Waals surface area contributed by atoms with Crippen molar-refractivity contribution in [3.8, 4) is 0 Å². The summed E-state index contributed by atoms with van der Waals surface area (Å²) in [4.78, 5) is 0. The summed E-state index contributed by atoms with van der Waals surface area (Å²) in [6, 6.07) is 11.1. The van der Waals surface area contributed by atoms with E-state index in [-0.39, 0.29) is 18.9 Å². The van der Waals surface area contributed by atoms with Crippen molar-refractivity contribution in [3.05, 3.63) is 35.9 Å². The van der Waals surface area contributed by atoms with Gasteiger partial charge in [-0.1, -0.05) is 37.6 Å². The molecule has 10 heavy (non-hydrogen) atoms. The number of hydrogen-bond acceptors (Lipinski definition) is 0. The summed E-state index contributed by atoms with van der Waals surface area (Å²) in [5.74, 6) is 0. The molecule has 0 spiro atoms. The van der Waals surface area contributed by atoms with Crippen LogP contribution in [0, 0.1) is 6.07 Å². The molecule has 0 bridgehead atoms. The Balaban J connectivity index is 0.000000810. The predicted octanol–water partition coefficient (Wildman–Crippen LogP) is 1.79. The van der Waals surface area contributed by atoms with E-state index in [0.29, 0.717) is 0 Å². The van der Waals surface area contributed by atoms with Crippen LogP contribution in [0.3, 0.4) is 0 Å². The number of aryl methyl sites for hydroxylation is 1. The molecule has 0 N–H and O–H groups in total. The molecule has 0 fully saturated rings. The van der Waals surface area contributed by atoms with Gasteiger partial charge >= 0.3 is 18.9 Å². The fourth-order valence-electron chi connectivity index (χ4n) is 0.877. The summed E-state index contributed by atoms with van der Waals surface area (Å²) >= 11 is 0. The second-order valence-corrected chi connectivity index (χ2v) is 2.16. The van der Waals surface area contributed by atoms with Crippen molar-refractivity contribution in [2.24, 2.45) is 0 Å². The van der Waals surface area contributed by atoms with Crippen molar-refractivity contribution in [3.63, 3.8) is 0 Å². The van der Waals surface area contributed by atoms with Crippen LogP contribution in [0.5, 0.6) is 0 Å². The fraction of sp³-hybridized carbons (Fsp3) is 0.333. The second-order valence-electron chi connectivity index (χ2n) is 2.16. The zero-order valence-corrected chi connectivity index (χ0v) is 5.72. The van der Waals surface area contributed by atoms with E-state index in [1.54, 1.807) is 0 Å². The Labute approximate surface area is 74.8 Å². The zero-order chi connectivity index (χ0) is 6.53. The molecule has 1 aromatic carbocycles. The van der Waals surface area contributed by atoms with Crippen molar-refractivity contribution in [2.75, 3.05) is 0 Å². The third-order valence-corrected chi connectivity index (χ3v) is 1.33. The summed E-state index contributed by atoms with van der Waals surface area (Å²) in [7, 11) is 0. The molecule has 0 amide bonds. The quantitative estimate of drug-likeness (QED) is 0.531. The summed E-state index contributed by atoms with van der Waals surface area (Å²) in [6.07, 6.45) is 2.42. The van der Waals surface area contributed by atoms with Gasteiger partial charge in [-0.15, -0.1) is 0 Å². The van der Waals surface area contributed by atoms with Crippen molar-refractivity contribution >= 4 is 18.9 Å². The normalized spacial score (nSPS) is 8.50. The number of hydrogen-bond donors (Lipinski definition) is 0. The van der Waals surface area contributed by atoms with Gasteiger partial charge in [0, 0.05) is 0 Å². The summed E-state index contributed by atoms with van der Waals surface area (Å²) in [5.41, 5.74) is 1.41. The van der Waals surface area contributed by atoms with Gasteiger partial charge < -0.3 is 0 Å². The van der Waals surface area contributed by atoms with Crippen LogP contribution in [0.1, 0.15) is 18.9 Å². The first-order chi connectivity index (χ1) is 4.43. The average molecular weight is 127 g/mol. The fourth-order valence-corrected chi connectivity index (χ4v) is 0.877. The third kappa shape index (κ3) is 3.10. The van der Waals surface area contributed by atoms with Gasteiger partial charge in [0.05, 0.1) is 0 Å². The van der Waals surface area contributed by atoms with E-state index in [4.69, 9.17) is 0 Å². The molecule has 1 radical (unpaired) electrons. The van der Waals surface area contributed by atoms with E-state index in [1.165, 1.54) is 18.4 Å². The van der Waals surface area contributed by atoms with E-state index in [0.717, 1.165) is 0 Å². The molecule has 0 atom stereocenters. The molecule has 1 rings (SSSR count). The molecule has 0 aromatic heterocycles. The van der Waals surface area contributed by atoms with Crippen molar-refractivity contribution in [2.45, 2.75) is 19.8 Å². The van der Waals surface area contributed by atoms with Gasteiger partial charge in [-0.25, -0.2) is 0 Å². The van der Waals surface area contributed by atoms with Crippen LogP contribution in [0.4, 0.5) is 0 Å². The zero-order valence-electron chi connectivity index (χ0n) is 5.72. The molecule has 49 valence electrons. The van der Waals surface area contributed by atoms with Crippen molar-refractivity contribution in [1.82, 2.24) is 0 Å². The molecule has 0 saturated heterocycles. The third-order valence-electron chi connectivity index (χ3n) is 1.33. The molecular formula is C9H12Li. The van der Waals surface area contributed by atoms with E-state index in [1.807, 2.05) is 12.1 Å². The molecule has 0 aliphatic rings. The Kier molecular flexibility index (Phi) is 5.49. The first-order valence-corrected chi connectivity index (χ1v) is 3.38. The monoisotopic (exact) mass is 127 g/mol. The van der Waals surface area contributed by atoms with Gasteiger partial charge in [-0.05, 0) is 18.1 Å². The van der Waals surface area contributed by atoms with Crippen molar-refractivity contribution in [1.29, 1.82) is 0 Å². The standard InChI is InChI=1S/C9H11.Li.H/c1-2-6-9-7-4-3-5-8-9;;/h4-5,7-8H,2,6H2,1H3;;. The van der Waals surface area contributed by atoms with Crippen LogP contribution in [0.25, 0.3) is 0 Å². The Hall–Kier alpha value is -0.183. The molecule has 1 heteroatoms. The molecule has 0 heterocycles. The molecular weight excluding hydrogens is 115 g/mol. The minimum atomic E-state index is 0. The first kappa shape index (κ1) is 9.82. The molecule has 0 nitrogen and oxygen atoms in total. The Morgan fingerprint density at radius 2 is 1.90 bits per heavy atom. The van der Waals surface area contributed by atoms with Gasteiger partial charge in [0.15, 0.2) is 0 Å². The molecule has 0 aliphatic carbocycles. The van der Waals surface area contributed by atoms with Crippen LogP contribution < -0.4 is 0 Å². The Morgan fingerprint density at radius 3 is 2.40 bits per heavy atom. The van der Waals surface area contributed by atoms with E-state index < -0.39 is 0 Å². The molecule has 0 unspecified atom stereocenters. The van der Waals surface area contributed by atoms with Gasteiger partial charge in [0.1, 0.15) is 0 Å². The van der Waals surface area contributed by atoms with E-state index >= 15 is 0 Å². The molecule has 1 aromatic rings.